The minimum absolute atomic E-state index is 0.108. The van der Waals surface area contributed by atoms with Gasteiger partial charge >= 0.3 is 5.97 Å². The Morgan fingerprint density at radius 2 is 1.47 bits per heavy atom. The fraction of sp³-hybridized carbons (Fsp3) is 0.818. The highest BCUT2D eigenvalue weighted by Gasteiger charge is 2.16. The molecule has 0 heterocycles. The third kappa shape index (κ3) is 8.65. The number of rotatable bonds is 8. The molecule has 1 N–H and O–H groups in total. The molecule has 0 radical (unpaired) electrons. The summed E-state index contributed by atoms with van der Waals surface area (Å²) in [6.07, 6.45) is 0.355. The van der Waals surface area contributed by atoms with Crippen molar-refractivity contribution in [1.82, 2.24) is 14.7 Å². The Bertz CT molecular complexity index is 254. The number of nitrogens with zero attached hydrogens (tertiary/aromatic N) is 3. The van der Waals surface area contributed by atoms with Crippen LogP contribution in [0.25, 0.3) is 0 Å². The molecule has 0 aliphatic carbocycles. The summed E-state index contributed by atoms with van der Waals surface area (Å²) in [7, 11) is 7.55. The number of carbonyl (C=O) groups is 2. The largest absolute Gasteiger partial charge is 0.480 e. The SMILES string of the molecule is CN(C)CCC(=O)N(CCN(C)C)CC(=O)O. The summed E-state index contributed by atoms with van der Waals surface area (Å²) < 4.78 is 0. The Hall–Kier alpha value is -1.14. The number of hydrogen-bond acceptors (Lipinski definition) is 4. The zero-order valence-corrected chi connectivity index (χ0v) is 11.1. The van der Waals surface area contributed by atoms with Crippen LogP contribution in [0.3, 0.4) is 0 Å². The summed E-state index contributed by atoms with van der Waals surface area (Å²) in [6.45, 7) is 1.53. The average molecular weight is 245 g/mol. The lowest BCUT2D eigenvalue weighted by Crippen LogP contribution is -2.40. The van der Waals surface area contributed by atoms with Gasteiger partial charge in [0, 0.05) is 26.1 Å². The molecule has 6 heteroatoms. The maximum Gasteiger partial charge on any atom is 0.323 e. The van der Waals surface area contributed by atoms with E-state index in [1.54, 1.807) is 0 Å². The molecule has 0 aromatic rings. The monoisotopic (exact) mass is 245 g/mol. The molecule has 100 valence electrons. The molecule has 0 atom stereocenters. The zero-order chi connectivity index (χ0) is 13.4. The van der Waals surface area contributed by atoms with E-state index in [4.69, 9.17) is 5.11 Å². The van der Waals surface area contributed by atoms with Gasteiger partial charge in [-0.05, 0) is 28.2 Å². The van der Waals surface area contributed by atoms with Crippen LogP contribution in [0.15, 0.2) is 0 Å². The fourth-order valence-electron chi connectivity index (χ4n) is 1.25. The first-order valence-corrected chi connectivity index (χ1v) is 5.62. The van der Waals surface area contributed by atoms with Gasteiger partial charge in [-0.2, -0.15) is 0 Å². The molecule has 0 aromatic heterocycles. The lowest BCUT2D eigenvalue weighted by Gasteiger charge is -2.23. The minimum atomic E-state index is -0.970. The molecular formula is C11H23N3O3. The Balaban J connectivity index is 4.24. The summed E-state index contributed by atoms with van der Waals surface area (Å²) >= 11 is 0. The van der Waals surface area contributed by atoms with E-state index in [2.05, 4.69) is 0 Å². The predicted molar refractivity (Wildman–Crippen MR) is 65.9 cm³/mol. The van der Waals surface area contributed by atoms with Crippen molar-refractivity contribution in [3.05, 3.63) is 0 Å². The van der Waals surface area contributed by atoms with E-state index >= 15 is 0 Å². The minimum Gasteiger partial charge on any atom is -0.480 e. The lowest BCUT2D eigenvalue weighted by molar-refractivity contribution is -0.144. The van der Waals surface area contributed by atoms with Crippen LogP contribution in [0.2, 0.25) is 0 Å². The molecule has 1 amide bonds. The van der Waals surface area contributed by atoms with Gasteiger partial charge in [-0.3, -0.25) is 9.59 Å². The third-order valence-electron chi connectivity index (χ3n) is 2.27. The van der Waals surface area contributed by atoms with Gasteiger partial charge in [0.25, 0.3) is 0 Å². The second-order valence-corrected chi connectivity index (χ2v) is 4.57. The van der Waals surface area contributed by atoms with Gasteiger partial charge in [0.05, 0.1) is 0 Å². The van der Waals surface area contributed by atoms with Crippen LogP contribution in [-0.4, -0.2) is 86.1 Å². The van der Waals surface area contributed by atoms with Gasteiger partial charge in [-0.25, -0.2) is 0 Å². The molecule has 17 heavy (non-hydrogen) atoms. The van der Waals surface area contributed by atoms with Crippen molar-refractivity contribution in [2.24, 2.45) is 0 Å². The molecule has 0 unspecified atom stereocenters. The number of aliphatic carboxylic acids is 1. The average Bonchev–Trinajstić information content (AvgIpc) is 2.19. The van der Waals surface area contributed by atoms with Crippen LogP contribution >= 0.6 is 0 Å². The van der Waals surface area contributed by atoms with Crippen LogP contribution in [0.1, 0.15) is 6.42 Å². The van der Waals surface area contributed by atoms with Crippen LogP contribution in [0.5, 0.6) is 0 Å². The second kappa shape index (κ2) is 8.03. The highest BCUT2D eigenvalue weighted by atomic mass is 16.4. The summed E-state index contributed by atoms with van der Waals surface area (Å²) in [5, 5.41) is 8.76. The van der Waals surface area contributed by atoms with Gasteiger partial charge in [-0.1, -0.05) is 0 Å². The number of carboxylic acid groups (broad SMARTS) is 1. The maximum atomic E-state index is 11.8. The quantitative estimate of drug-likeness (QED) is 0.619. The van der Waals surface area contributed by atoms with E-state index < -0.39 is 5.97 Å². The number of hydrogen-bond donors (Lipinski definition) is 1. The second-order valence-electron chi connectivity index (χ2n) is 4.57. The molecule has 0 aliphatic rings. The van der Waals surface area contributed by atoms with E-state index in [0.717, 1.165) is 0 Å². The maximum absolute atomic E-state index is 11.8. The van der Waals surface area contributed by atoms with Crippen molar-refractivity contribution in [2.45, 2.75) is 6.42 Å². The number of carbonyl (C=O) groups excluding carboxylic acids is 1. The molecule has 0 fully saturated rings. The molecule has 6 nitrogen and oxygen atoms in total. The normalized spacial score (nSPS) is 10.9. The fourth-order valence-corrected chi connectivity index (χ4v) is 1.25. The Morgan fingerprint density at radius 1 is 0.941 bits per heavy atom. The van der Waals surface area contributed by atoms with E-state index in [9.17, 15) is 9.59 Å². The predicted octanol–water partition coefficient (Wildman–Crippen LogP) is -0.587. The van der Waals surface area contributed by atoms with E-state index in [1.165, 1.54) is 4.90 Å². The van der Waals surface area contributed by atoms with Crippen molar-refractivity contribution in [3.8, 4) is 0 Å². The zero-order valence-electron chi connectivity index (χ0n) is 11.1. The Morgan fingerprint density at radius 3 is 1.88 bits per heavy atom. The third-order valence-corrected chi connectivity index (χ3v) is 2.27. The smallest absolute Gasteiger partial charge is 0.323 e. The molecule has 0 spiro atoms. The summed E-state index contributed by atoms with van der Waals surface area (Å²) in [4.78, 5) is 27.7. The standard InChI is InChI=1S/C11H23N3O3/c1-12(2)6-5-10(15)14(9-11(16)17)8-7-13(3)4/h5-9H2,1-4H3,(H,16,17). The Kier molecular flexibility index (Phi) is 7.49. The molecule has 0 saturated heterocycles. The summed E-state index contributed by atoms with van der Waals surface area (Å²) in [6, 6.07) is 0. The van der Waals surface area contributed by atoms with Gasteiger partial charge < -0.3 is 19.8 Å². The van der Waals surface area contributed by atoms with Crippen molar-refractivity contribution in [1.29, 1.82) is 0 Å². The molecule has 0 aromatic carbocycles. The van der Waals surface area contributed by atoms with Gasteiger partial charge in [0.2, 0.25) is 5.91 Å². The van der Waals surface area contributed by atoms with E-state index in [0.29, 0.717) is 26.1 Å². The lowest BCUT2D eigenvalue weighted by atomic mass is 10.3. The topological polar surface area (TPSA) is 64.1 Å². The number of likely N-dealkylation sites (N-methyl/N-ethyl adjacent to an activating group) is 1. The molecule has 0 rings (SSSR count). The molecular weight excluding hydrogens is 222 g/mol. The van der Waals surface area contributed by atoms with Gasteiger partial charge in [0.15, 0.2) is 0 Å². The van der Waals surface area contributed by atoms with Crippen molar-refractivity contribution >= 4 is 11.9 Å². The molecule has 0 aliphatic heterocycles. The van der Waals surface area contributed by atoms with Crippen molar-refractivity contribution in [2.75, 3.05) is 54.4 Å². The Labute approximate surface area is 103 Å². The van der Waals surface area contributed by atoms with Crippen molar-refractivity contribution < 1.29 is 14.7 Å². The van der Waals surface area contributed by atoms with Crippen LogP contribution < -0.4 is 0 Å². The van der Waals surface area contributed by atoms with Crippen LogP contribution in [0.4, 0.5) is 0 Å². The first-order chi connectivity index (χ1) is 7.82. The first-order valence-electron chi connectivity index (χ1n) is 5.62. The summed E-state index contributed by atoms with van der Waals surface area (Å²) in [5.74, 6) is -1.08. The van der Waals surface area contributed by atoms with Gasteiger partial charge in [-0.15, -0.1) is 0 Å². The first kappa shape index (κ1) is 15.9. The molecule has 0 bridgehead atoms. The highest BCUT2D eigenvalue weighted by Crippen LogP contribution is 1.96. The highest BCUT2D eigenvalue weighted by molar-refractivity contribution is 5.81. The summed E-state index contributed by atoms with van der Waals surface area (Å²) in [5.41, 5.74) is 0. The van der Waals surface area contributed by atoms with Gasteiger partial charge in [0.1, 0.15) is 6.54 Å². The van der Waals surface area contributed by atoms with E-state index in [-0.39, 0.29) is 12.5 Å². The van der Waals surface area contributed by atoms with Crippen molar-refractivity contribution in [3.63, 3.8) is 0 Å². The number of carboxylic acids is 1. The number of amides is 1. The van der Waals surface area contributed by atoms with Crippen LogP contribution in [0, 0.1) is 0 Å². The van der Waals surface area contributed by atoms with E-state index in [1.807, 2.05) is 38.0 Å². The van der Waals surface area contributed by atoms with Crippen LogP contribution in [-0.2, 0) is 9.59 Å². The molecule has 0 saturated carbocycles.